The number of halogens is 3. The van der Waals surface area contributed by atoms with Gasteiger partial charge in [-0.15, -0.1) is 0 Å². The van der Waals surface area contributed by atoms with Gasteiger partial charge in [0.25, 0.3) is 0 Å². The van der Waals surface area contributed by atoms with Gasteiger partial charge in [0.15, 0.2) is 10.1 Å². The number of benzene rings is 2. The van der Waals surface area contributed by atoms with Gasteiger partial charge in [0.2, 0.25) is 0 Å². The largest absolute Gasteiger partial charge is 0.741 e. The van der Waals surface area contributed by atoms with Crippen LogP contribution in [0.15, 0.2) is 60.7 Å². The molecule has 5 rings (SSSR count). The van der Waals surface area contributed by atoms with Gasteiger partial charge in [0.05, 0.1) is 26.2 Å². The minimum atomic E-state index is -6.09. The molecule has 3 heterocycles. The Labute approximate surface area is 168 Å². The van der Waals surface area contributed by atoms with Crippen LogP contribution < -0.4 is 0 Å². The van der Waals surface area contributed by atoms with Crippen LogP contribution in [0.5, 0.6) is 0 Å². The van der Waals surface area contributed by atoms with Gasteiger partial charge in [-0.1, -0.05) is 60.7 Å². The number of nitrogens with zero attached hydrogens (tertiary/aromatic N) is 2. The quantitative estimate of drug-likeness (QED) is 0.418. The van der Waals surface area contributed by atoms with Gasteiger partial charge < -0.3 is 9.04 Å². The summed E-state index contributed by atoms with van der Waals surface area (Å²) >= 11 is 0. The highest BCUT2D eigenvalue weighted by atomic mass is 32.2. The van der Waals surface area contributed by atoms with Gasteiger partial charge in [-0.25, -0.2) is 8.42 Å². The first-order valence-corrected chi connectivity index (χ1v) is 10.6. The molecule has 158 valence electrons. The summed E-state index contributed by atoms with van der Waals surface area (Å²) in [4.78, 5) is 2.69. The molecule has 9 heteroatoms. The molecule has 0 N–H and O–H groups in total. The Bertz CT molecular complexity index is 913. The maximum absolute atomic E-state index is 10.7. The zero-order valence-electron chi connectivity index (χ0n) is 15.9. The summed E-state index contributed by atoms with van der Waals surface area (Å²) in [7, 11) is -3.64. The van der Waals surface area contributed by atoms with Crippen molar-refractivity contribution >= 4 is 10.1 Å². The molecule has 0 amide bonds. The Balaban J connectivity index is 0.000000258. The zero-order valence-corrected chi connectivity index (χ0v) is 16.7. The third-order valence-corrected chi connectivity index (χ3v) is 6.29. The van der Waals surface area contributed by atoms with E-state index in [2.05, 4.69) is 72.6 Å². The van der Waals surface area contributed by atoms with Gasteiger partial charge in [-0.05, 0) is 5.56 Å². The van der Waals surface area contributed by atoms with Crippen LogP contribution in [0.25, 0.3) is 0 Å². The molecule has 3 saturated heterocycles. The number of rotatable bonds is 2. The average Bonchev–Trinajstić information content (AvgIpc) is 2.68. The Morgan fingerprint density at radius 3 is 1.76 bits per heavy atom. The molecule has 2 bridgehead atoms. The first-order chi connectivity index (χ1) is 13.5. The van der Waals surface area contributed by atoms with Gasteiger partial charge in [-0.2, -0.15) is 13.2 Å². The zero-order chi connectivity index (χ0) is 21.3. The summed E-state index contributed by atoms with van der Waals surface area (Å²) in [5, 5.41) is 0. The molecule has 29 heavy (non-hydrogen) atoms. The minimum absolute atomic E-state index is 0.515. The van der Waals surface area contributed by atoms with Crippen LogP contribution in [-0.2, 0) is 10.1 Å². The van der Waals surface area contributed by atoms with E-state index in [0.29, 0.717) is 12.1 Å². The molecule has 2 atom stereocenters. The smallest absolute Gasteiger partial charge is 0.485 e. The van der Waals surface area contributed by atoms with Crippen LogP contribution in [0.1, 0.15) is 23.2 Å². The molecule has 0 unspecified atom stereocenters. The van der Waals surface area contributed by atoms with Crippen LogP contribution >= 0.6 is 0 Å². The summed E-state index contributed by atoms with van der Waals surface area (Å²) in [6, 6.07) is 23.3. The van der Waals surface area contributed by atoms with Gasteiger partial charge >= 0.3 is 5.51 Å². The van der Waals surface area contributed by atoms with E-state index in [0.717, 1.165) is 0 Å². The van der Waals surface area contributed by atoms with Crippen molar-refractivity contribution in [3.8, 4) is 0 Å². The summed E-state index contributed by atoms with van der Waals surface area (Å²) in [5.41, 5.74) is -2.69. The predicted octanol–water partition coefficient (Wildman–Crippen LogP) is 3.30. The molecule has 2 aromatic rings. The van der Waals surface area contributed by atoms with Crippen LogP contribution in [0.4, 0.5) is 13.2 Å². The van der Waals surface area contributed by atoms with Gasteiger partial charge in [0, 0.05) is 18.7 Å². The first-order valence-electron chi connectivity index (χ1n) is 9.23. The third-order valence-electron chi connectivity index (χ3n) is 5.73. The van der Waals surface area contributed by atoms with Crippen molar-refractivity contribution in [2.75, 3.05) is 33.2 Å². The maximum atomic E-state index is 10.7. The van der Waals surface area contributed by atoms with E-state index in [1.807, 2.05) is 0 Å². The normalized spacial score (nSPS) is 29.1. The van der Waals surface area contributed by atoms with Crippen molar-refractivity contribution in [1.29, 1.82) is 0 Å². The van der Waals surface area contributed by atoms with Crippen molar-refractivity contribution in [3.05, 3.63) is 71.8 Å². The average molecular weight is 428 g/mol. The Hall–Kier alpha value is -1.94. The van der Waals surface area contributed by atoms with Crippen molar-refractivity contribution in [1.82, 2.24) is 4.90 Å². The second-order valence-electron chi connectivity index (χ2n) is 7.57. The van der Waals surface area contributed by atoms with Crippen LogP contribution in [0, 0.1) is 0 Å². The molecular weight excluding hydrogens is 405 g/mol. The number of alkyl halides is 3. The summed E-state index contributed by atoms with van der Waals surface area (Å²) < 4.78 is 60.1. The van der Waals surface area contributed by atoms with E-state index in [1.165, 1.54) is 41.8 Å². The molecule has 0 radical (unpaired) electrons. The number of likely N-dealkylation sites (N-methyl/N-ethyl adjacent to an activating group) is 1. The highest BCUT2D eigenvalue weighted by Crippen LogP contribution is 2.47. The summed E-state index contributed by atoms with van der Waals surface area (Å²) in [6.07, 6.45) is 0. The third kappa shape index (κ3) is 4.63. The molecule has 2 aromatic carbocycles. The molecular formula is C20H23F3N2O3S. The molecule has 0 spiro atoms. The van der Waals surface area contributed by atoms with Crippen molar-refractivity contribution in [2.45, 2.75) is 17.6 Å². The second kappa shape index (κ2) is 8.06. The van der Waals surface area contributed by atoms with Crippen LogP contribution in [0.3, 0.4) is 0 Å². The lowest BCUT2D eigenvalue weighted by Gasteiger charge is -2.58. The topological polar surface area (TPSA) is 60.4 Å². The van der Waals surface area contributed by atoms with Crippen LogP contribution in [-0.4, -0.2) is 61.1 Å². The number of hydrogen-bond acceptors (Lipinski definition) is 4. The standard InChI is InChI=1S/C19H23N2.CHF3O3S/c1-21-14-12-20(13-15-21)18(16-8-4-2-5-9-16)19(21)17-10-6-3-7-11-17;2-1(3,4)8(5,6)7/h2-11,18-19H,12-15H2,1H3;(H,5,6,7)/q+1;/p-1/t18-,19-;/m0./s1. The molecule has 0 aromatic heterocycles. The fourth-order valence-electron chi connectivity index (χ4n) is 4.27. The van der Waals surface area contributed by atoms with E-state index in [-0.39, 0.29) is 0 Å². The molecule has 3 aliphatic rings. The number of hydrogen-bond donors (Lipinski definition) is 0. The molecule has 0 aliphatic carbocycles. The minimum Gasteiger partial charge on any atom is -0.741 e. The van der Waals surface area contributed by atoms with Crippen molar-refractivity contribution in [3.63, 3.8) is 0 Å². The maximum Gasteiger partial charge on any atom is 0.485 e. The lowest BCUT2D eigenvalue weighted by Crippen LogP contribution is -2.67. The fourth-order valence-corrected chi connectivity index (χ4v) is 4.27. The van der Waals surface area contributed by atoms with Crippen molar-refractivity contribution in [2.24, 2.45) is 0 Å². The molecule has 3 aliphatic heterocycles. The molecule has 0 saturated carbocycles. The van der Waals surface area contributed by atoms with Crippen LogP contribution in [0.2, 0.25) is 0 Å². The summed E-state index contributed by atoms with van der Waals surface area (Å²) in [5.74, 6) is 0. The second-order valence-corrected chi connectivity index (χ2v) is 8.94. The Morgan fingerprint density at radius 2 is 1.34 bits per heavy atom. The Morgan fingerprint density at radius 1 is 0.931 bits per heavy atom. The highest BCUT2D eigenvalue weighted by molar-refractivity contribution is 7.86. The fraction of sp³-hybridized carbons (Fsp3) is 0.400. The van der Waals surface area contributed by atoms with E-state index in [9.17, 15) is 13.2 Å². The van der Waals surface area contributed by atoms with Gasteiger partial charge in [-0.3, -0.25) is 4.90 Å². The Kier molecular flexibility index (Phi) is 6.05. The predicted molar refractivity (Wildman–Crippen MR) is 102 cm³/mol. The number of quaternary nitrogens is 1. The first kappa shape index (κ1) is 21.8. The highest BCUT2D eigenvalue weighted by Gasteiger charge is 2.51. The monoisotopic (exact) mass is 428 g/mol. The van der Waals surface area contributed by atoms with E-state index in [1.54, 1.807) is 0 Å². The molecule has 3 fully saturated rings. The van der Waals surface area contributed by atoms with E-state index in [4.69, 9.17) is 13.0 Å². The SMILES string of the molecule is C[N+]12CCN(CC1)[C@@H](c1ccccc1)[C@@H]2c1ccccc1.O=S(=O)([O-])C(F)(F)F. The number of fused-ring (bicyclic) bond motifs is 3. The molecule has 5 nitrogen and oxygen atoms in total. The lowest BCUT2D eigenvalue weighted by atomic mass is 9.84. The van der Waals surface area contributed by atoms with E-state index >= 15 is 0 Å². The lowest BCUT2D eigenvalue weighted by molar-refractivity contribution is -0.958. The summed E-state index contributed by atoms with van der Waals surface area (Å²) in [6.45, 7) is 4.98. The van der Waals surface area contributed by atoms with Crippen molar-refractivity contribution < 1.29 is 30.6 Å². The van der Waals surface area contributed by atoms with E-state index < -0.39 is 15.6 Å². The number of piperazine rings is 3. The van der Waals surface area contributed by atoms with Gasteiger partial charge in [0.1, 0.15) is 6.04 Å².